The van der Waals surface area contributed by atoms with E-state index in [0.717, 1.165) is 16.3 Å². The third kappa shape index (κ3) is 2.34. The highest BCUT2D eigenvalue weighted by atomic mass is 19.1. The Kier molecular flexibility index (Phi) is 3.54. The van der Waals surface area contributed by atoms with Gasteiger partial charge in [0, 0.05) is 17.8 Å². The van der Waals surface area contributed by atoms with E-state index in [0.29, 0.717) is 11.3 Å². The Morgan fingerprint density at radius 1 is 1.10 bits per heavy atom. The molecule has 0 aliphatic rings. The molecule has 0 aliphatic carbocycles. The molecule has 0 fully saturated rings. The zero-order valence-corrected chi connectivity index (χ0v) is 11.6. The number of methoxy groups -OCH3 is 1. The second kappa shape index (κ2) is 5.50. The second-order valence-corrected chi connectivity index (χ2v) is 4.78. The van der Waals surface area contributed by atoms with Gasteiger partial charge in [0.2, 0.25) is 0 Å². The Balaban J connectivity index is 2.20. The molecule has 3 aromatic rings. The molecule has 21 heavy (non-hydrogen) atoms. The van der Waals surface area contributed by atoms with Gasteiger partial charge in [0.15, 0.2) is 0 Å². The van der Waals surface area contributed by atoms with Gasteiger partial charge in [0.1, 0.15) is 11.6 Å². The maximum absolute atomic E-state index is 14.2. The molecular formula is C17H15FN2O. The van der Waals surface area contributed by atoms with E-state index in [2.05, 4.69) is 4.98 Å². The standard InChI is InChI=1S/C17H15FN2O/c1-21-15-8-4-7-14(18)16(15)17(19)13-10-20-9-11-5-2-3-6-12(11)13/h2-10,17H,19H2,1H3. The van der Waals surface area contributed by atoms with Crippen molar-refractivity contribution in [3.8, 4) is 5.75 Å². The van der Waals surface area contributed by atoms with Crippen molar-refractivity contribution in [2.24, 2.45) is 5.73 Å². The monoisotopic (exact) mass is 282 g/mol. The molecule has 0 amide bonds. The number of hydrogen-bond donors (Lipinski definition) is 1. The zero-order valence-electron chi connectivity index (χ0n) is 11.6. The first-order valence-electron chi connectivity index (χ1n) is 6.63. The first-order chi connectivity index (χ1) is 10.2. The van der Waals surface area contributed by atoms with Gasteiger partial charge >= 0.3 is 0 Å². The minimum Gasteiger partial charge on any atom is -0.496 e. The highest BCUT2D eigenvalue weighted by Gasteiger charge is 2.20. The fourth-order valence-corrected chi connectivity index (χ4v) is 2.54. The fraction of sp³-hybridized carbons (Fsp3) is 0.118. The normalized spacial score (nSPS) is 12.3. The highest BCUT2D eigenvalue weighted by molar-refractivity contribution is 5.85. The van der Waals surface area contributed by atoms with E-state index < -0.39 is 6.04 Å². The van der Waals surface area contributed by atoms with Crippen LogP contribution in [0, 0.1) is 5.82 Å². The predicted octanol–water partition coefficient (Wildman–Crippen LogP) is 3.43. The van der Waals surface area contributed by atoms with Crippen LogP contribution in [0.2, 0.25) is 0 Å². The molecule has 2 N–H and O–H groups in total. The van der Waals surface area contributed by atoms with Crippen molar-refractivity contribution >= 4 is 10.8 Å². The number of fused-ring (bicyclic) bond motifs is 1. The molecule has 1 unspecified atom stereocenters. The average molecular weight is 282 g/mol. The lowest BCUT2D eigenvalue weighted by Gasteiger charge is -2.18. The van der Waals surface area contributed by atoms with E-state index in [-0.39, 0.29) is 5.82 Å². The summed E-state index contributed by atoms with van der Waals surface area (Å²) < 4.78 is 19.4. The summed E-state index contributed by atoms with van der Waals surface area (Å²) in [5, 5.41) is 1.94. The molecule has 1 aromatic heterocycles. The summed E-state index contributed by atoms with van der Waals surface area (Å²) >= 11 is 0. The SMILES string of the molecule is COc1cccc(F)c1C(N)c1cncc2ccccc12. The summed E-state index contributed by atoms with van der Waals surface area (Å²) in [7, 11) is 1.51. The van der Waals surface area contributed by atoms with Gasteiger partial charge in [-0.05, 0) is 23.1 Å². The van der Waals surface area contributed by atoms with Crippen LogP contribution in [-0.4, -0.2) is 12.1 Å². The Bertz CT molecular complexity index is 783. The summed E-state index contributed by atoms with van der Waals surface area (Å²) in [6.45, 7) is 0. The topological polar surface area (TPSA) is 48.1 Å². The van der Waals surface area contributed by atoms with Crippen LogP contribution in [0.1, 0.15) is 17.2 Å². The molecule has 3 nitrogen and oxygen atoms in total. The molecule has 0 spiro atoms. The van der Waals surface area contributed by atoms with Crippen molar-refractivity contribution in [2.45, 2.75) is 6.04 Å². The van der Waals surface area contributed by atoms with Crippen molar-refractivity contribution in [3.05, 3.63) is 71.8 Å². The summed E-state index contributed by atoms with van der Waals surface area (Å²) in [6.07, 6.45) is 3.45. The third-order valence-corrected chi connectivity index (χ3v) is 3.58. The van der Waals surface area contributed by atoms with Crippen LogP contribution < -0.4 is 10.5 Å². The van der Waals surface area contributed by atoms with Crippen LogP contribution in [0.3, 0.4) is 0 Å². The van der Waals surface area contributed by atoms with Gasteiger partial charge in [-0.1, -0.05) is 30.3 Å². The molecule has 0 saturated carbocycles. The number of pyridine rings is 1. The van der Waals surface area contributed by atoms with Crippen molar-refractivity contribution in [3.63, 3.8) is 0 Å². The van der Waals surface area contributed by atoms with E-state index in [1.165, 1.54) is 13.2 Å². The Labute approximate surface area is 122 Å². The number of rotatable bonds is 3. The van der Waals surface area contributed by atoms with Crippen LogP contribution >= 0.6 is 0 Å². The first kappa shape index (κ1) is 13.5. The minimum absolute atomic E-state index is 0.346. The molecule has 106 valence electrons. The summed E-state index contributed by atoms with van der Waals surface area (Å²) in [6, 6.07) is 11.8. The molecule has 0 radical (unpaired) electrons. The Hall–Kier alpha value is -2.46. The number of hydrogen-bond acceptors (Lipinski definition) is 3. The van der Waals surface area contributed by atoms with Crippen molar-refractivity contribution < 1.29 is 9.13 Å². The maximum atomic E-state index is 14.2. The van der Waals surface area contributed by atoms with Gasteiger partial charge in [-0.3, -0.25) is 4.98 Å². The van der Waals surface area contributed by atoms with Crippen molar-refractivity contribution in [1.82, 2.24) is 4.98 Å². The number of ether oxygens (including phenoxy) is 1. The van der Waals surface area contributed by atoms with Crippen molar-refractivity contribution in [2.75, 3.05) is 7.11 Å². The second-order valence-electron chi connectivity index (χ2n) is 4.78. The van der Waals surface area contributed by atoms with Gasteiger partial charge in [-0.25, -0.2) is 4.39 Å². The third-order valence-electron chi connectivity index (χ3n) is 3.58. The molecule has 0 bridgehead atoms. The Morgan fingerprint density at radius 2 is 1.90 bits per heavy atom. The van der Waals surface area contributed by atoms with Gasteiger partial charge in [-0.2, -0.15) is 0 Å². The van der Waals surface area contributed by atoms with Crippen LogP contribution in [0.5, 0.6) is 5.75 Å². The van der Waals surface area contributed by atoms with Crippen molar-refractivity contribution in [1.29, 1.82) is 0 Å². The van der Waals surface area contributed by atoms with Gasteiger partial charge in [0.05, 0.1) is 18.7 Å². The van der Waals surface area contributed by atoms with E-state index in [4.69, 9.17) is 10.5 Å². The smallest absolute Gasteiger partial charge is 0.132 e. The lowest BCUT2D eigenvalue weighted by Crippen LogP contribution is -2.15. The van der Waals surface area contributed by atoms with Gasteiger partial charge in [-0.15, -0.1) is 0 Å². The molecule has 2 aromatic carbocycles. The van der Waals surface area contributed by atoms with E-state index in [1.807, 2.05) is 24.3 Å². The average Bonchev–Trinajstić information content (AvgIpc) is 2.53. The zero-order chi connectivity index (χ0) is 14.8. The fourth-order valence-electron chi connectivity index (χ4n) is 2.54. The van der Waals surface area contributed by atoms with Gasteiger partial charge < -0.3 is 10.5 Å². The molecule has 1 heterocycles. The van der Waals surface area contributed by atoms with Crippen LogP contribution in [0.15, 0.2) is 54.9 Å². The van der Waals surface area contributed by atoms with Crippen LogP contribution in [0.4, 0.5) is 4.39 Å². The molecule has 0 saturated heterocycles. The van der Waals surface area contributed by atoms with Gasteiger partial charge in [0.25, 0.3) is 0 Å². The van der Waals surface area contributed by atoms with E-state index >= 15 is 0 Å². The Morgan fingerprint density at radius 3 is 2.71 bits per heavy atom. The van der Waals surface area contributed by atoms with E-state index in [1.54, 1.807) is 24.5 Å². The van der Waals surface area contributed by atoms with E-state index in [9.17, 15) is 4.39 Å². The van der Waals surface area contributed by atoms with Crippen LogP contribution in [0.25, 0.3) is 10.8 Å². The number of nitrogens with zero attached hydrogens (tertiary/aromatic N) is 1. The maximum Gasteiger partial charge on any atom is 0.132 e. The minimum atomic E-state index is -0.639. The molecule has 3 rings (SSSR count). The lowest BCUT2D eigenvalue weighted by molar-refractivity contribution is 0.402. The largest absolute Gasteiger partial charge is 0.496 e. The summed E-state index contributed by atoms with van der Waals surface area (Å²) in [4.78, 5) is 4.20. The number of aromatic nitrogens is 1. The number of nitrogens with two attached hydrogens (primary N) is 1. The first-order valence-corrected chi connectivity index (χ1v) is 6.63. The molecule has 1 atom stereocenters. The summed E-state index contributed by atoms with van der Waals surface area (Å²) in [5.41, 5.74) is 7.42. The number of benzene rings is 2. The van der Waals surface area contributed by atoms with Crippen LogP contribution in [-0.2, 0) is 0 Å². The highest BCUT2D eigenvalue weighted by Crippen LogP contribution is 2.33. The number of halogens is 1. The lowest BCUT2D eigenvalue weighted by atomic mass is 9.95. The quantitative estimate of drug-likeness (QED) is 0.800. The predicted molar refractivity (Wildman–Crippen MR) is 80.7 cm³/mol. The molecule has 4 heteroatoms. The molecular weight excluding hydrogens is 267 g/mol. The summed E-state index contributed by atoms with van der Waals surface area (Å²) in [5.74, 6) is 0.0604. The molecule has 0 aliphatic heterocycles.